The molecule has 9 N–H and O–H groups in total. The van der Waals surface area contributed by atoms with Crippen molar-refractivity contribution in [1.82, 2.24) is 0 Å². The van der Waals surface area contributed by atoms with Crippen molar-refractivity contribution < 1.29 is 58.5 Å². The SMILES string of the molecule is C.CN.COCC(=O)CCCc1cccc(C)c1.COCC(=O)Cl.Cc1cccc(CC#N)c1.Cc1cccc(CCN)c1.N#CCc1cccc(N)c1.N#CCc1cccc([N+](=O)[O-])c1.N=S(=O)=O.N=S(=O)=O.N=S(=O)=O.O=[N+]([O-])c1cccc(CBr)c1.[2H][B].[B]C.[B]F.[B][B]. The van der Waals surface area contributed by atoms with Gasteiger partial charge in [0, 0.05) is 79.8 Å². The highest BCUT2D eigenvalue weighted by Gasteiger charge is 2.06. The Bertz CT molecular complexity index is 3380. The quantitative estimate of drug-likeness (QED) is 0.0131. The number of Topliss-reactive ketones (excluding diaryl/α,β-unsaturated/α-hetero) is 1. The zero-order chi connectivity index (χ0) is 76.3. The highest BCUT2D eigenvalue weighted by Crippen LogP contribution is 2.15. The molecule has 0 unspecified atom stereocenters. The maximum Gasteiger partial charge on any atom is 0.350 e. The van der Waals surface area contributed by atoms with E-state index >= 15 is 0 Å². The van der Waals surface area contributed by atoms with Crippen LogP contribution in [-0.4, -0.2) is 128 Å². The molecular weight excluding hydrogens is 1380 g/mol. The average Bonchev–Trinajstić information content (AvgIpc) is 1.59. The first-order valence-electron chi connectivity index (χ1n) is 26.9. The van der Waals surface area contributed by atoms with Gasteiger partial charge in [0.2, 0.25) is 5.24 Å². The lowest BCUT2D eigenvalue weighted by atomic mass is 9.81. The van der Waals surface area contributed by atoms with E-state index in [4.69, 9.17) is 88.8 Å². The van der Waals surface area contributed by atoms with Crippen LogP contribution in [0.5, 0.6) is 0 Å². The number of ether oxygens (including phenoxy) is 2. The minimum atomic E-state index is -2.61. The predicted octanol–water partition coefficient (Wildman–Crippen LogP) is 9.90. The molecule has 0 saturated carbocycles. The second kappa shape index (κ2) is 80.7. The number of benzene rings is 6. The minimum absolute atomic E-state index is 0. The van der Waals surface area contributed by atoms with E-state index in [-0.39, 0.29) is 44.2 Å². The molecule has 36 heteroatoms. The fourth-order valence-electron chi connectivity index (χ4n) is 6.07. The largest absolute Gasteiger partial charge is 0.399 e. The molecule has 514 valence electrons. The van der Waals surface area contributed by atoms with Crippen molar-refractivity contribution in [3.05, 3.63) is 216 Å². The number of aryl methyl sites for hydroxylation is 4. The number of nitrogens with zero attached hydrogens (tertiary/aromatic N) is 5. The summed E-state index contributed by atoms with van der Waals surface area (Å²) in [4.78, 5) is 40.5. The molecule has 0 heterocycles. The van der Waals surface area contributed by atoms with E-state index < -0.39 is 46.6 Å². The lowest BCUT2D eigenvalue weighted by Crippen LogP contribution is -2.06. The van der Waals surface area contributed by atoms with Gasteiger partial charge >= 0.3 is 39.6 Å². The molecule has 0 saturated heterocycles. The summed E-state index contributed by atoms with van der Waals surface area (Å²) in [5, 5.41) is 45.7. The zero-order valence-corrected chi connectivity index (χ0v) is 58.4. The van der Waals surface area contributed by atoms with Gasteiger partial charge in [0.15, 0.2) is 5.78 Å². The maximum absolute atomic E-state index is 11.2. The van der Waals surface area contributed by atoms with Crippen molar-refractivity contribution in [2.24, 2.45) is 11.5 Å². The Morgan fingerprint density at radius 3 is 1.19 bits per heavy atom. The van der Waals surface area contributed by atoms with E-state index in [1.54, 1.807) is 37.4 Å². The highest BCUT2D eigenvalue weighted by molar-refractivity contribution is 9.08. The molecule has 0 fully saturated rings. The number of nitro groups is 2. The lowest BCUT2D eigenvalue weighted by Gasteiger charge is -2.02. The van der Waals surface area contributed by atoms with Gasteiger partial charge in [-0.2, -0.15) is 55.4 Å². The Morgan fingerprint density at radius 2 is 0.896 bits per heavy atom. The molecule has 0 atom stereocenters. The summed E-state index contributed by atoms with van der Waals surface area (Å²) in [6, 6.07) is 50.9. The maximum atomic E-state index is 11.2. The first-order chi connectivity index (χ1) is 45.6. The number of nitriles is 3. The van der Waals surface area contributed by atoms with Crippen molar-refractivity contribution in [3.8, 4) is 18.2 Å². The number of nitrogens with two attached hydrogens (primary N) is 3. The van der Waals surface area contributed by atoms with Crippen molar-refractivity contribution in [2.75, 3.05) is 46.8 Å². The Kier molecular flexibility index (Phi) is 89.3. The topological polar surface area (TPSA) is 462 Å². The van der Waals surface area contributed by atoms with Gasteiger partial charge in [0.25, 0.3) is 11.4 Å². The van der Waals surface area contributed by atoms with Crippen LogP contribution in [0.4, 0.5) is 21.4 Å². The van der Waals surface area contributed by atoms with Crippen LogP contribution < -0.4 is 17.2 Å². The van der Waals surface area contributed by atoms with E-state index in [0.29, 0.717) is 35.8 Å². The Hall–Kier alpha value is -8.55. The number of hydrogen-bond donors (Lipinski definition) is 6. The molecule has 0 spiro atoms. The monoisotopic (exact) mass is 1460 g/mol. The summed E-state index contributed by atoms with van der Waals surface area (Å²) >= 11 is 8.03. The van der Waals surface area contributed by atoms with Crippen LogP contribution in [0.1, 0.15) is 70.3 Å². The summed E-state index contributed by atoms with van der Waals surface area (Å²) in [6.07, 6.45) is 4.64. The van der Waals surface area contributed by atoms with E-state index in [1.807, 2.05) is 61.5 Å². The zero-order valence-electron chi connectivity index (χ0n) is 54.6. The third kappa shape index (κ3) is 83.5. The number of anilines is 1. The number of non-ortho nitro benzene ring substituents is 2. The molecule has 0 aliphatic heterocycles. The van der Waals surface area contributed by atoms with E-state index in [1.165, 1.54) is 67.0 Å². The third-order valence-corrected chi connectivity index (χ3v) is 10.1. The molecule has 6 aromatic rings. The number of methoxy groups -OCH3 is 2. The molecule has 6 aromatic carbocycles. The van der Waals surface area contributed by atoms with E-state index in [2.05, 4.69) is 141 Å². The van der Waals surface area contributed by atoms with Crippen LogP contribution in [0.2, 0.25) is 6.82 Å². The molecule has 0 amide bonds. The Balaban J connectivity index is -0.000000109. The summed E-state index contributed by atoms with van der Waals surface area (Å²) in [5.41, 5.74) is 26.4. The number of ketones is 1. The molecule has 6 rings (SSSR count). The smallest absolute Gasteiger partial charge is 0.350 e. The van der Waals surface area contributed by atoms with Crippen LogP contribution >= 0.6 is 27.5 Å². The number of hydrogen-bond acceptors (Lipinski definition) is 23. The average molecular weight is 1470 g/mol. The number of alkyl halides is 1. The first-order valence-corrected chi connectivity index (χ1v) is 31.0. The Labute approximate surface area is 590 Å². The standard InChI is InChI=1S/C13H18O2.C9H13N.C9H9N.C8H6N2O2.C8H8N2.C7H6BrNO2.C3H5ClO2.CH3B.CH5N.CH4.B2.BF.BH.3HNO2S/c1-11-5-3-6-12(9-11)7-4-8-13(14)10-15-2;2*1-8-3-2-4-9(7-8)5-6-10;9-5-4-7-2-1-3-8(6-7)10(11)12;9-5-4-7-2-1-3-8(10)6-7;8-5-6-2-1-3-7(4-6)9(10)11;1-6-2-3(4)5;2*1-2;;2*1-2;;3*1-4(2)3/h3,5-6,9H,4,7-8,10H2,1-2H3;2-4,7H,5-6,10H2,1H3;2-4,7H,5H2,1H3;1-3,6H,4H2;1-3,6H,4,10H2;1-4H,5H2;2H2,1H3;1H3;2H2,1H3;1H4;;;1H;3*1H/i;;;;;;;;;;;;1D;;;. The van der Waals surface area contributed by atoms with Gasteiger partial charge in [0.1, 0.15) is 13.2 Å². The van der Waals surface area contributed by atoms with Crippen LogP contribution in [0, 0.1) is 89.3 Å². The first kappa shape index (κ1) is 106. The number of carbonyl (C=O) groups is 2. The molecule has 10 radical (unpaired) electrons. The molecule has 0 aliphatic rings. The van der Waals surface area contributed by atoms with Crippen molar-refractivity contribution in [2.45, 2.75) is 85.3 Å². The van der Waals surface area contributed by atoms with Crippen molar-refractivity contribution in [1.29, 1.82) is 31.5 Å². The summed E-state index contributed by atoms with van der Waals surface area (Å²) in [6.45, 7) is 8.69. The fraction of sp³-hybridized carbons (Fsp3) is 0.317. The molecular formula is C60H81B5BrClFN11O14S3. The number of nitro benzene ring substituents is 2. The fourth-order valence-corrected chi connectivity index (χ4v) is 6.53. The van der Waals surface area contributed by atoms with Crippen LogP contribution in [0.3, 0.4) is 0 Å². The van der Waals surface area contributed by atoms with Gasteiger partial charge < -0.3 is 31.0 Å². The highest BCUT2D eigenvalue weighted by atomic mass is 79.9. The Morgan fingerprint density at radius 1 is 0.604 bits per heavy atom. The number of nitrogens with one attached hydrogen (secondary N) is 3. The van der Waals surface area contributed by atoms with E-state index in [0.717, 1.165) is 42.5 Å². The molecule has 0 aliphatic carbocycles. The lowest BCUT2D eigenvalue weighted by molar-refractivity contribution is -0.385. The van der Waals surface area contributed by atoms with Crippen molar-refractivity contribution in [3.63, 3.8) is 0 Å². The third-order valence-electron chi connectivity index (χ3n) is 9.36. The minimum Gasteiger partial charge on any atom is -0.399 e. The summed E-state index contributed by atoms with van der Waals surface area (Å²) in [7, 11) is 15.9. The van der Waals surface area contributed by atoms with E-state index in [9.17, 15) is 29.8 Å². The normalized spacial score (nSPS) is 8.20. The molecule has 96 heavy (non-hydrogen) atoms. The van der Waals surface area contributed by atoms with Gasteiger partial charge in [-0.1, -0.05) is 156 Å². The second-order valence-electron chi connectivity index (χ2n) is 16.6. The second-order valence-corrected chi connectivity index (χ2v) is 19.0. The number of nitrogen functional groups attached to an aromatic ring is 1. The van der Waals surface area contributed by atoms with Gasteiger partial charge in [-0.05, 0) is 112 Å². The van der Waals surface area contributed by atoms with Crippen LogP contribution in [-0.2, 0) is 88.0 Å². The number of rotatable bonds is 16. The number of carbonyl (C=O) groups excluding carboxylic acids is 2. The summed E-state index contributed by atoms with van der Waals surface area (Å²) < 4.78 is 91.8. The van der Waals surface area contributed by atoms with Gasteiger partial charge in [0.05, 0.1) is 55.2 Å². The predicted molar refractivity (Wildman–Crippen MR) is 385 cm³/mol. The van der Waals surface area contributed by atoms with Gasteiger partial charge in [-0.15, -0.1) is 0 Å². The number of halogens is 3. The van der Waals surface area contributed by atoms with Crippen LogP contribution in [0.15, 0.2) is 146 Å². The molecule has 0 aromatic heterocycles. The van der Waals surface area contributed by atoms with Gasteiger partial charge in [-0.3, -0.25) is 29.8 Å². The molecule has 25 nitrogen and oxygen atoms in total. The summed E-state index contributed by atoms with van der Waals surface area (Å²) in [5.74, 6) is 0.185. The molecule has 0 bridgehead atoms. The van der Waals surface area contributed by atoms with Crippen LogP contribution in [0.25, 0.3) is 0 Å². The van der Waals surface area contributed by atoms with Crippen molar-refractivity contribution >= 4 is 127 Å². The van der Waals surface area contributed by atoms with Gasteiger partial charge in [-0.25, -0.2) is 0 Å².